The van der Waals surface area contributed by atoms with Gasteiger partial charge >= 0.3 is 0 Å². The quantitative estimate of drug-likeness (QED) is 0.797. The number of primary amides is 1. The molecule has 0 bridgehead atoms. The number of nitrogens with one attached hydrogen (secondary N) is 1. The van der Waals surface area contributed by atoms with E-state index in [9.17, 15) is 9.59 Å². The lowest BCUT2D eigenvalue weighted by molar-refractivity contribution is 0.0987. The van der Waals surface area contributed by atoms with Crippen LogP contribution in [0.2, 0.25) is 5.02 Å². The van der Waals surface area contributed by atoms with Crippen LogP contribution in [0.15, 0.2) is 34.7 Å². The zero-order valence-electron chi connectivity index (χ0n) is 10.4. The highest BCUT2D eigenvalue weighted by Gasteiger charge is 2.13. The van der Waals surface area contributed by atoms with Gasteiger partial charge in [0, 0.05) is 5.69 Å². The van der Waals surface area contributed by atoms with Gasteiger partial charge in [0.15, 0.2) is 5.76 Å². The Labute approximate surface area is 119 Å². The second kappa shape index (κ2) is 5.77. The number of nitrogens with two attached hydrogens (primary N) is 2. The highest BCUT2D eigenvalue weighted by Crippen LogP contribution is 2.21. The number of furan rings is 1. The standard InChI is InChI=1S/C13H12ClN3O3/c14-10-3-1-7(5-9(10)12(16)18)17-13(19)11-4-2-8(6-15)20-11/h1-5H,6,15H2,(H2,16,18)(H,17,19). The normalized spacial score (nSPS) is 10.3. The summed E-state index contributed by atoms with van der Waals surface area (Å²) in [7, 11) is 0. The van der Waals surface area contributed by atoms with Crippen LogP contribution in [0.4, 0.5) is 5.69 Å². The molecule has 0 saturated heterocycles. The minimum Gasteiger partial charge on any atom is -0.455 e. The van der Waals surface area contributed by atoms with E-state index in [1.165, 1.54) is 18.2 Å². The van der Waals surface area contributed by atoms with Crippen LogP contribution in [0.25, 0.3) is 0 Å². The van der Waals surface area contributed by atoms with E-state index in [4.69, 9.17) is 27.5 Å². The fraction of sp³-hybridized carbons (Fsp3) is 0.0769. The van der Waals surface area contributed by atoms with Crippen LogP contribution in [0.3, 0.4) is 0 Å². The first-order valence-corrected chi connectivity index (χ1v) is 6.08. The van der Waals surface area contributed by atoms with Crippen molar-refractivity contribution in [2.45, 2.75) is 6.54 Å². The van der Waals surface area contributed by atoms with Crippen LogP contribution in [0, 0.1) is 0 Å². The minimum absolute atomic E-state index is 0.126. The predicted molar refractivity (Wildman–Crippen MR) is 74.5 cm³/mol. The molecule has 0 aliphatic carbocycles. The van der Waals surface area contributed by atoms with Crippen LogP contribution in [0.5, 0.6) is 0 Å². The Morgan fingerprint density at radius 1 is 1.25 bits per heavy atom. The summed E-state index contributed by atoms with van der Waals surface area (Å²) in [6.07, 6.45) is 0. The van der Waals surface area contributed by atoms with Gasteiger partial charge in [-0.25, -0.2) is 0 Å². The van der Waals surface area contributed by atoms with Crippen molar-refractivity contribution in [1.82, 2.24) is 0 Å². The third kappa shape index (κ3) is 2.98. The van der Waals surface area contributed by atoms with E-state index in [0.29, 0.717) is 11.4 Å². The Hall–Kier alpha value is -2.31. The Bertz CT molecular complexity index is 667. The summed E-state index contributed by atoms with van der Waals surface area (Å²) < 4.78 is 5.21. The molecule has 7 heteroatoms. The van der Waals surface area contributed by atoms with Crippen molar-refractivity contribution in [3.8, 4) is 0 Å². The number of carbonyl (C=O) groups excluding carboxylic acids is 2. The molecule has 5 N–H and O–H groups in total. The second-order valence-electron chi connectivity index (χ2n) is 3.98. The summed E-state index contributed by atoms with van der Waals surface area (Å²) >= 11 is 5.82. The van der Waals surface area contributed by atoms with Crippen LogP contribution in [-0.4, -0.2) is 11.8 Å². The molecule has 1 aromatic heterocycles. The van der Waals surface area contributed by atoms with Gasteiger partial charge in [0.2, 0.25) is 5.91 Å². The molecule has 0 unspecified atom stereocenters. The predicted octanol–water partition coefficient (Wildman–Crippen LogP) is 1.74. The van der Waals surface area contributed by atoms with Crippen LogP contribution in [-0.2, 0) is 6.54 Å². The maximum atomic E-state index is 11.9. The van der Waals surface area contributed by atoms with E-state index >= 15 is 0 Å². The summed E-state index contributed by atoms with van der Waals surface area (Å²) in [5.74, 6) is -0.498. The van der Waals surface area contributed by atoms with Crippen LogP contribution < -0.4 is 16.8 Å². The lowest BCUT2D eigenvalue weighted by Gasteiger charge is -2.06. The second-order valence-corrected chi connectivity index (χ2v) is 4.39. The zero-order valence-corrected chi connectivity index (χ0v) is 11.1. The lowest BCUT2D eigenvalue weighted by atomic mass is 10.2. The zero-order chi connectivity index (χ0) is 14.7. The number of amides is 2. The molecule has 2 amide bonds. The highest BCUT2D eigenvalue weighted by atomic mass is 35.5. The molecule has 104 valence electrons. The number of rotatable bonds is 4. The van der Waals surface area contributed by atoms with Gasteiger partial charge in [-0.1, -0.05) is 11.6 Å². The molecule has 1 heterocycles. The number of hydrogen-bond donors (Lipinski definition) is 3. The van der Waals surface area contributed by atoms with E-state index in [0.717, 1.165) is 0 Å². The van der Waals surface area contributed by atoms with Gasteiger partial charge in [0.25, 0.3) is 5.91 Å². The molecule has 1 aromatic carbocycles. The Balaban J connectivity index is 2.19. The van der Waals surface area contributed by atoms with Gasteiger partial charge in [-0.15, -0.1) is 0 Å². The summed E-state index contributed by atoms with van der Waals surface area (Å²) in [5.41, 5.74) is 11.1. The molecule has 2 aromatic rings. The van der Waals surface area contributed by atoms with Gasteiger partial charge < -0.3 is 21.2 Å². The van der Waals surface area contributed by atoms with Gasteiger partial charge in [0.1, 0.15) is 5.76 Å². The molecule has 0 atom stereocenters. The fourth-order valence-electron chi connectivity index (χ4n) is 1.59. The summed E-state index contributed by atoms with van der Waals surface area (Å²) in [6, 6.07) is 7.56. The van der Waals surface area contributed by atoms with Gasteiger partial charge in [-0.2, -0.15) is 0 Å². The van der Waals surface area contributed by atoms with Crippen molar-refractivity contribution in [2.24, 2.45) is 11.5 Å². The molecule has 6 nitrogen and oxygen atoms in total. The monoisotopic (exact) mass is 293 g/mol. The van der Waals surface area contributed by atoms with E-state index in [2.05, 4.69) is 5.32 Å². The van der Waals surface area contributed by atoms with Crippen molar-refractivity contribution in [2.75, 3.05) is 5.32 Å². The minimum atomic E-state index is -0.672. The summed E-state index contributed by atoms with van der Waals surface area (Å²) in [4.78, 5) is 23.1. The maximum absolute atomic E-state index is 11.9. The Morgan fingerprint density at radius 2 is 2.00 bits per heavy atom. The number of carbonyl (C=O) groups is 2. The SMILES string of the molecule is NCc1ccc(C(=O)Nc2ccc(Cl)c(C(N)=O)c2)o1. The highest BCUT2D eigenvalue weighted by molar-refractivity contribution is 6.34. The molecular weight excluding hydrogens is 282 g/mol. The first kappa shape index (κ1) is 14.1. The number of halogens is 1. The first-order valence-electron chi connectivity index (χ1n) is 5.70. The molecular formula is C13H12ClN3O3. The van der Waals surface area contributed by atoms with Crippen molar-refractivity contribution in [3.05, 3.63) is 52.4 Å². The molecule has 0 saturated carbocycles. The van der Waals surface area contributed by atoms with E-state index in [1.54, 1.807) is 12.1 Å². The largest absolute Gasteiger partial charge is 0.455 e. The van der Waals surface area contributed by atoms with Crippen molar-refractivity contribution < 1.29 is 14.0 Å². The van der Waals surface area contributed by atoms with Gasteiger partial charge in [0.05, 0.1) is 17.1 Å². The third-order valence-electron chi connectivity index (χ3n) is 2.58. The van der Waals surface area contributed by atoms with Crippen LogP contribution >= 0.6 is 11.6 Å². The third-order valence-corrected chi connectivity index (χ3v) is 2.91. The van der Waals surface area contributed by atoms with E-state index < -0.39 is 11.8 Å². The van der Waals surface area contributed by atoms with E-state index in [1.807, 2.05) is 0 Å². The topological polar surface area (TPSA) is 111 Å². The molecule has 20 heavy (non-hydrogen) atoms. The fourth-order valence-corrected chi connectivity index (χ4v) is 1.80. The summed E-state index contributed by atoms with van der Waals surface area (Å²) in [6.45, 7) is 0.208. The van der Waals surface area contributed by atoms with Crippen LogP contribution in [0.1, 0.15) is 26.7 Å². The molecule has 0 spiro atoms. The smallest absolute Gasteiger partial charge is 0.291 e. The molecule has 0 aliphatic heterocycles. The van der Waals surface area contributed by atoms with Crippen molar-refractivity contribution in [1.29, 1.82) is 0 Å². The number of hydrogen-bond acceptors (Lipinski definition) is 4. The Kier molecular flexibility index (Phi) is 4.07. The number of anilines is 1. The Morgan fingerprint density at radius 3 is 2.60 bits per heavy atom. The number of benzene rings is 1. The molecule has 0 radical (unpaired) electrons. The van der Waals surface area contributed by atoms with Crippen molar-refractivity contribution >= 4 is 29.1 Å². The average Bonchev–Trinajstić information content (AvgIpc) is 2.89. The van der Waals surface area contributed by atoms with Gasteiger partial charge in [-0.3, -0.25) is 9.59 Å². The molecule has 0 aliphatic rings. The average molecular weight is 294 g/mol. The lowest BCUT2D eigenvalue weighted by Crippen LogP contribution is -2.14. The summed E-state index contributed by atoms with van der Waals surface area (Å²) in [5, 5.41) is 2.80. The molecule has 0 fully saturated rings. The molecule has 2 rings (SSSR count). The van der Waals surface area contributed by atoms with Crippen molar-refractivity contribution in [3.63, 3.8) is 0 Å². The first-order chi connectivity index (χ1) is 9.51. The maximum Gasteiger partial charge on any atom is 0.291 e. The van der Waals surface area contributed by atoms with Gasteiger partial charge in [-0.05, 0) is 30.3 Å². The van der Waals surface area contributed by atoms with E-state index in [-0.39, 0.29) is 22.9 Å².